The van der Waals surface area contributed by atoms with Crippen molar-refractivity contribution >= 4 is 27.3 Å². The Morgan fingerprint density at radius 2 is 1.75 bits per heavy atom. The lowest BCUT2D eigenvalue weighted by Crippen LogP contribution is -2.29. The van der Waals surface area contributed by atoms with E-state index >= 15 is 0 Å². The number of aromatic nitrogens is 1. The van der Waals surface area contributed by atoms with E-state index < -0.39 is 16.1 Å². The zero-order valence-electron chi connectivity index (χ0n) is 12.3. The Morgan fingerprint density at radius 1 is 1.08 bits per heavy atom. The SMILES string of the molecule is O=S(=O)(O)N(Cc1ccc(-c2nccs2)cc1)c1ccc(F)cc1. The highest BCUT2D eigenvalue weighted by atomic mass is 32.2. The number of nitrogens with zero attached hydrogens (tertiary/aromatic N) is 2. The van der Waals surface area contributed by atoms with Gasteiger partial charge in [0.1, 0.15) is 10.8 Å². The van der Waals surface area contributed by atoms with Crippen LogP contribution < -0.4 is 4.31 Å². The van der Waals surface area contributed by atoms with Crippen LogP contribution in [0, 0.1) is 5.82 Å². The summed E-state index contributed by atoms with van der Waals surface area (Å²) in [6, 6.07) is 12.1. The summed E-state index contributed by atoms with van der Waals surface area (Å²) in [5.74, 6) is -0.484. The first-order chi connectivity index (χ1) is 11.4. The molecule has 3 rings (SSSR count). The Kier molecular flexibility index (Phi) is 4.61. The van der Waals surface area contributed by atoms with E-state index in [1.54, 1.807) is 18.3 Å². The van der Waals surface area contributed by atoms with E-state index in [4.69, 9.17) is 0 Å². The summed E-state index contributed by atoms with van der Waals surface area (Å²) in [5.41, 5.74) is 1.79. The maximum Gasteiger partial charge on any atom is 0.360 e. The Hall–Kier alpha value is -2.29. The average molecular weight is 364 g/mol. The van der Waals surface area contributed by atoms with Crippen LogP contribution in [0.2, 0.25) is 0 Å². The van der Waals surface area contributed by atoms with E-state index in [-0.39, 0.29) is 12.2 Å². The first-order valence-electron chi connectivity index (χ1n) is 6.93. The van der Waals surface area contributed by atoms with Crippen LogP contribution in [0.15, 0.2) is 60.1 Å². The number of hydrogen-bond donors (Lipinski definition) is 1. The summed E-state index contributed by atoms with van der Waals surface area (Å²) in [7, 11) is -4.48. The molecule has 5 nitrogen and oxygen atoms in total. The number of thiazole rings is 1. The molecule has 0 spiro atoms. The molecular weight excluding hydrogens is 351 g/mol. The minimum atomic E-state index is -4.48. The van der Waals surface area contributed by atoms with Gasteiger partial charge in [0, 0.05) is 17.1 Å². The zero-order chi connectivity index (χ0) is 17.2. The van der Waals surface area contributed by atoms with Crippen molar-refractivity contribution in [3.8, 4) is 10.6 Å². The second kappa shape index (κ2) is 6.68. The summed E-state index contributed by atoms with van der Waals surface area (Å²) in [4.78, 5) is 4.21. The minimum Gasteiger partial charge on any atom is -0.269 e. The molecule has 3 aromatic rings. The van der Waals surface area contributed by atoms with Crippen molar-refractivity contribution < 1.29 is 17.4 Å². The summed E-state index contributed by atoms with van der Waals surface area (Å²) in [6.07, 6.45) is 1.71. The molecule has 0 amide bonds. The van der Waals surface area contributed by atoms with Gasteiger partial charge in [-0.15, -0.1) is 11.3 Å². The van der Waals surface area contributed by atoms with Crippen LogP contribution in [0.1, 0.15) is 5.56 Å². The van der Waals surface area contributed by atoms with Gasteiger partial charge in [0.05, 0.1) is 12.2 Å². The fraction of sp³-hybridized carbons (Fsp3) is 0.0625. The lowest BCUT2D eigenvalue weighted by atomic mass is 10.1. The van der Waals surface area contributed by atoms with Gasteiger partial charge in [-0.25, -0.2) is 13.7 Å². The average Bonchev–Trinajstić information content (AvgIpc) is 3.08. The van der Waals surface area contributed by atoms with Crippen LogP contribution in [0.5, 0.6) is 0 Å². The van der Waals surface area contributed by atoms with Crippen molar-refractivity contribution in [1.82, 2.24) is 4.98 Å². The molecule has 0 fully saturated rings. The maximum atomic E-state index is 13.0. The highest BCUT2D eigenvalue weighted by Crippen LogP contribution is 2.24. The van der Waals surface area contributed by atoms with Crippen LogP contribution in [0.25, 0.3) is 10.6 Å². The molecule has 1 N–H and O–H groups in total. The number of hydrogen-bond acceptors (Lipinski definition) is 4. The standard InChI is InChI=1S/C16H13FN2O3S2/c17-14-5-7-15(8-6-14)19(24(20,21)22)11-12-1-3-13(4-2-12)16-18-9-10-23-16/h1-10H,11H2,(H,20,21,22). The Labute approximate surface area is 142 Å². The van der Waals surface area contributed by atoms with Gasteiger partial charge in [-0.1, -0.05) is 24.3 Å². The number of halogens is 1. The van der Waals surface area contributed by atoms with E-state index in [1.807, 2.05) is 17.5 Å². The first kappa shape index (κ1) is 16.6. The highest BCUT2D eigenvalue weighted by Gasteiger charge is 2.20. The van der Waals surface area contributed by atoms with E-state index in [2.05, 4.69) is 4.98 Å². The summed E-state index contributed by atoms with van der Waals surface area (Å²) in [6.45, 7) is -0.0669. The maximum absolute atomic E-state index is 13.0. The number of rotatable bonds is 5. The molecule has 0 aliphatic carbocycles. The van der Waals surface area contributed by atoms with E-state index in [0.29, 0.717) is 5.56 Å². The molecule has 124 valence electrons. The Bertz CT molecular complexity index is 909. The van der Waals surface area contributed by atoms with Gasteiger partial charge in [0.15, 0.2) is 0 Å². The molecule has 24 heavy (non-hydrogen) atoms. The molecular formula is C16H13FN2O3S2. The second-order valence-electron chi connectivity index (χ2n) is 5.00. The smallest absolute Gasteiger partial charge is 0.269 e. The topological polar surface area (TPSA) is 70.5 Å². The predicted molar refractivity (Wildman–Crippen MR) is 91.7 cm³/mol. The van der Waals surface area contributed by atoms with Crippen LogP contribution in [-0.2, 0) is 16.8 Å². The summed E-state index contributed by atoms with van der Waals surface area (Å²) in [5, 5.41) is 2.74. The van der Waals surface area contributed by atoms with Crippen molar-refractivity contribution in [1.29, 1.82) is 0 Å². The number of benzene rings is 2. The Balaban J connectivity index is 1.86. The molecule has 0 saturated heterocycles. The van der Waals surface area contributed by atoms with Gasteiger partial charge in [-0.3, -0.25) is 4.55 Å². The van der Waals surface area contributed by atoms with Gasteiger partial charge in [0.25, 0.3) is 0 Å². The molecule has 0 atom stereocenters. The molecule has 0 saturated carbocycles. The van der Waals surface area contributed by atoms with Gasteiger partial charge in [-0.2, -0.15) is 8.42 Å². The van der Waals surface area contributed by atoms with Crippen LogP contribution in [-0.4, -0.2) is 18.0 Å². The van der Waals surface area contributed by atoms with Gasteiger partial charge in [-0.05, 0) is 29.8 Å². The third-order valence-electron chi connectivity index (χ3n) is 3.35. The van der Waals surface area contributed by atoms with Crippen LogP contribution in [0.4, 0.5) is 10.1 Å². The summed E-state index contributed by atoms with van der Waals surface area (Å²) >= 11 is 1.51. The fourth-order valence-electron chi connectivity index (χ4n) is 2.20. The monoisotopic (exact) mass is 364 g/mol. The van der Waals surface area contributed by atoms with Crippen molar-refractivity contribution in [2.45, 2.75) is 6.54 Å². The third-order valence-corrected chi connectivity index (χ3v) is 5.07. The fourth-order valence-corrected chi connectivity index (χ4v) is 3.54. The third kappa shape index (κ3) is 3.78. The molecule has 8 heteroatoms. The molecule has 0 unspecified atom stereocenters. The first-order valence-corrected chi connectivity index (χ1v) is 9.21. The molecule has 0 radical (unpaired) electrons. The lowest BCUT2D eigenvalue weighted by molar-refractivity contribution is 0.477. The quantitative estimate of drug-likeness (QED) is 0.700. The van der Waals surface area contributed by atoms with E-state index in [1.165, 1.54) is 23.5 Å². The largest absolute Gasteiger partial charge is 0.360 e. The van der Waals surface area contributed by atoms with Crippen molar-refractivity contribution in [3.63, 3.8) is 0 Å². The zero-order valence-corrected chi connectivity index (χ0v) is 14.0. The van der Waals surface area contributed by atoms with Gasteiger partial charge in [0.2, 0.25) is 0 Å². The molecule has 0 aliphatic rings. The molecule has 0 aliphatic heterocycles. The predicted octanol–water partition coefficient (Wildman–Crippen LogP) is 3.76. The van der Waals surface area contributed by atoms with Crippen LogP contribution >= 0.6 is 11.3 Å². The van der Waals surface area contributed by atoms with Crippen molar-refractivity contribution in [3.05, 3.63) is 71.5 Å². The molecule has 2 aromatic carbocycles. The number of anilines is 1. The van der Waals surface area contributed by atoms with E-state index in [9.17, 15) is 17.4 Å². The molecule has 0 bridgehead atoms. The lowest BCUT2D eigenvalue weighted by Gasteiger charge is -2.21. The van der Waals surface area contributed by atoms with Crippen molar-refractivity contribution in [2.24, 2.45) is 0 Å². The van der Waals surface area contributed by atoms with Crippen LogP contribution in [0.3, 0.4) is 0 Å². The molecule has 1 aromatic heterocycles. The second-order valence-corrected chi connectivity index (χ2v) is 7.23. The highest BCUT2D eigenvalue weighted by molar-refractivity contribution is 7.87. The van der Waals surface area contributed by atoms with Crippen molar-refractivity contribution in [2.75, 3.05) is 4.31 Å². The van der Waals surface area contributed by atoms with E-state index in [0.717, 1.165) is 27.0 Å². The van der Waals surface area contributed by atoms with Gasteiger partial charge >= 0.3 is 10.3 Å². The summed E-state index contributed by atoms with van der Waals surface area (Å²) < 4.78 is 46.6. The van der Waals surface area contributed by atoms with Gasteiger partial charge < -0.3 is 0 Å². The minimum absolute atomic E-state index is 0.0669. The Morgan fingerprint density at radius 3 is 2.29 bits per heavy atom. The normalized spacial score (nSPS) is 11.4. The molecule has 1 heterocycles.